The Morgan fingerprint density at radius 3 is 2.85 bits per heavy atom. The summed E-state index contributed by atoms with van der Waals surface area (Å²) in [5.74, 6) is 2.27. The molecule has 9 heteroatoms. The molecule has 0 spiro atoms. The minimum Gasteiger partial charge on any atom is -0.461 e. The van der Waals surface area contributed by atoms with Crippen molar-refractivity contribution in [3.63, 3.8) is 0 Å². The van der Waals surface area contributed by atoms with Crippen LogP contribution in [-0.4, -0.2) is 31.1 Å². The first-order chi connectivity index (χ1) is 13.1. The minimum atomic E-state index is -0.305. The van der Waals surface area contributed by atoms with Crippen molar-refractivity contribution in [2.24, 2.45) is 0 Å². The Balaban J connectivity index is 1.78. The van der Waals surface area contributed by atoms with Gasteiger partial charge in [-0.1, -0.05) is 36.7 Å². The van der Waals surface area contributed by atoms with E-state index in [0.29, 0.717) is 34.9 Å². The third-order valence-electron chi connectivity index (χ3n) is 4.01. The van der Waals surface area contributed by atoms with E-state index in [1.807, 2.05) is 23.6 Å². The second-order valence-electron chi connectivity index (χ2n) is 6.09. The number of furan rings is 1. The summed E-state index contributed by atoms with van der Waals surface area (Å²) in [6, 6.07) is 5.36. The molecule has 0 aliphatic rings. The smallest absolute Gasteiger partial charge is 0.239 e. The lowest BCUT2D eigenvalue weighted by atomic mass is 10.2. The van der Waals surface area contributed by atoms with Crippen molar-refractivity contribution in [3.8, 4) is 11.6 Å². The van der Waals surface area contributed by atoms with E-state index in [1.165, 1.54) is 11.8 Å². The topological polar surface area (TPSA) is 99.0 Å². The number of carbonyl (C=O) groups excluding carboxylic acids is 1. The van der Waals surface area contributed by atoms with Crippen molar-refractivity contribution in [2.45, 2.75) is 57.0 Å². The molecule has 27 heavy (non-hydrogen) atoms. The van der Waals surface area contributed by atoms with E-state index in [0.717, 1.165) is 19.3 Å². The van der Waals surface area contributed by atoms with Crippen molar-refractivity contribution in [1.82, 2.24) is 19.9 Å². The summed E-state index contributed by atoms with van der Waals surface area (Å²) >= 11 is 1.41. The molecule has 1 amide bonds. The number of rotatable bonds is 9. The van der Waals surface area contributed by atoms with Crippen molar-refractivity contribution in [3.05, 3.63) is 30.2 Å². The minimum absolute atomic E-state index is 0.119. The predicted octanol–water partition coefficient (Wildman–Crippen LogP) is 4.14. The molecule has 0 aliphatic heterocycles. The first kappa shape index (κ1) is 19.2. The van der Waals surface area contributed by atoms with Crippen LogP contribution in [0.1, 0.15) is 38.9 Å². The molecule has 0 saturated carbocycles. The average Bonchev–Trinajstić information content (AvgIpc) is 3.39. The van der Waals surface area contributed by atoms with Crippen LogP contribution < -0.4 is 5.32 Å². The monoisotopic (exact) mass is 389 g/mol. The molecule has 1 N–H and O–H groups in total. The molecule has 1 atom stereocenters. The molecule has 0 unspecified atom stereocenters. The zero-order valence-corrected chi connectivity index (χ0v) is 16.5. The summed E-state index contributed by atoms with van der Waals surface area (Å²) in [7, 11) is 0. The number of carbonyl (C=O) groups is 1. The molecule has 3 aromatic rings. The fraction of sp³-hybridized carbons (Fsp3) is 0.444. The molecule has 0 aliphatic carbocycles. The van der Waals surface area contributed by atoms with Gasteiger partial charge in [-0.25, -0.2) is 0 Å². The summed E-state index contributed by atoms with van der Waals surface area (Å²) < 4.78 is 12.4. The van der Waals surface area contributed by atoms with Gasteiger partial charge in [-0.15, -0.1) is 10.2 Å². The van der Waals surface area contributed by atoms with Crippen LogP contribution in [0.3, 0.4) is 0 Å². The van der Waals surface area contributed by atoms with Crippen LogP contribution in [0.2, 0.25) is 0 Å². The molecule has 0 fully saturated rings. The predicted molar refractivity (Wildman–Crippen MR) is 102 cm³/mol. The molecule has 8 nitrogen and oxygen atoms in total. The number of amides is 1. The molecular formula is C18H23N5O3S. The summed E-state index contributed by atoms with van der Waals surface area (Å²) in [5.41, 5.74) is 0. The Hall–Kier alpha value is -2.55. The fourth-order valence-electron chi connectivity index (χ4n) is 2.64. The van der Waals surface area contributed by atoms with Gasteiger partial charge in [0.15, 0.2) is 22.6 Å². The van der Waals surface area contributed by atoms with Gasteiger partial charge in [0.25, 0.3) is 0 Å². The largest absolute Gasteiger partial charge is 0.461 e. The molecule has 0 aromatic carbocycles. The Bertz CT molecular complexity index is 872. The summed E-state index contributed by atoms with van der Waals surface area (Å²) in [6.07, 6.45) is 4.28. The average molecular weight is 389 g/mol. The molecule has 3 heterocycles. The van der Waals surface area contributed by atoms with Crippen molar-refractivity contribution in [2.75, 3.05) is 5.32 Å². The van der Waals surface area contributed by atoms with E-state index in [4.69, 9.17) is 8.94 Å². The van der Waals surface area contributed by atoms with Crippen LogP contribution >= 0.6 is 11.8 Å². The van der Waals surface area contributed by atoms with Crippen LogP contribution in [0.4, 0.5) is 5.82 Å². The van der Waals surface area contributed by atoms with E-state index in [-0.39, 0.29) is 11.2 Å². The van der Waals surface area contributed by atoms with Crippen LogP contribution in [0.5, 0.6) is 0 Å². The van der Waals surface area contributed by atoms with Crippen LogP contribution in [0.25, 0.3) is 11.6 Å². The molecule has 3 aromatic heterocycles. The van der Waals surface area contributed by atoms with Crippen LogP contribution in [0.15, 0.2) is 38.6 Å². The quantitative estimate of drug-likeness (QED) is 0.549. The lowest BCUT2D eigenvalue weighted by Crippen LogP contribution is -2.26. The first-order valence-electron chi connectivity index (χ1n) is 9.00. The molecular weight excluding hydrogens is 366 g/mol. The molecule has 3 rings (SSSR count). The van der Waals surface area contributed by atoms with E-state index in [1.54, 1.807) is 19.3 Å². The van der Waals surface area contributed by atoms with Crippen LogP contribution in [-0.2, 0) is 11.3 Å². The maximum absolute atomic E-state index is 12.8. The normalized spacial score (nSPS) is 12.3. The summed E-state index contributed by atoms with van der Waals surface area (Å²) in [5, 5.41) is 15.6. The van der Waals surface area contributed by atoms with Crippen LogP contribution in [0, 0.1) is 6.92 Å². The number of aromatic nitrogens is 4. The molecule has 0 bridgehead atoms. The van der Waals surface area contributed by atoms with Gasteiger partial charge < -0.3 is 14.3 Å². The maximum atomic E-state index is 12.8. The van der Waals surface area contributed by atoms with Crippen molar-refractivity contribution in [1.29, 1.82) is 0 Å². The maximum Gasteiger partial charge on any atom is 0.239 e. The third-order valence-corrected chi connectivity index (χ3v) is 5.26. The number of nitrogens with zero attached hydrogens (tertiary/aromatic N) is 4. The van der Waals surface area contributed by atoms with E-state index in [9.17, 15) is 4.79 Å². The number of thioether (sulfide) groups is 1. The Morgan fingerprint density at radius 2 is 2.22 bits per heavy atom. The van der Waals surface area contributed by atoms with Gasteiger partial charge in [-0.05, 0) is 32.4 Å². The Labute approximate surface area is 161 Å². The SMILES string of the molecule is CCCC[C@H](Sc1nnc(-c2ccco2)n1CC)C(=O)Nc1cc(C)on1. The van der Waals surface area contributed by atoms with Crippen molar-refractivity contribution < 1.29 is 13.7 Å². The van der Waals surface area contributed by atoms with Gasteiger partial charge in [-0.2, -0.15) is 0 Å². The first-order valence-corrected chi connectivity index (χ1v) is 9.88. The molecule has 0 saturated heterocycles. The number of unbranched alkanes of at least 4 members (excludes halogenated alkanes) is 1. The van der Waals surface area contributed by atoms with Gasteiger partial charge >= 0.3 is 0 Å². The fourth-order valence-corrected chi connectivity index (χ4v) is 3.78. The standard InChI is InChI=1S/C18H23N5O3S/c1-4-6-9-14(17(24)19-15-11-12(3)26-22-15)27-18-21-20-16(23(18)5-2)13-8-7-10-25-13/h7-8,10-11,14H,4-6,9H2,1-3H3,(H,19,22,24)/t14-/m0/s1. The highest BCUT2D eigenvalue weighted by Gasteiger charge is 2.25. The zero-order valence-electron chi connectivity index (χ0n) is 15.6. The highest BCUT2D eigenvalue weighted by atomic mass is 32.2. The lowest BCUT2D eigenvalue weighted by Gasteiger charge is -2.15. The Kier molecular flexibility index (Phi) is 6.33. The second kappa shape index (κ2) is 8.90. The summed E-state index contributed by atoms with van der Waals surface area (Å²) in [4.78, 5) is 12.8. The molecule has 0 radical (unpaired) electrons. The van der Waals surface area contributed by atoms with Gasteiger partial charge in [0.05, 0.1) is 11.5 Å². The van der Waals surface area contributed by atoms with Gasteiger partial charge in [0.1, 0.15) is 5.76 Å². The third kappa shape index (κ3) is 4.60. The summed E-state index contributed by atoms with van der Waals surface area (Å²) in [6.45, 7) is 6.57. The van der Waals surface area contributed by atoms with Gasteiger partial charge in [0.2, 0.25) is 5.91 Å². The van der Waals surface area contributed by atoms with Gasteiger partial charge in [-0.3, -0.25) is 9.36 Å². The van der Waals surface area contributed by atoms with Gasteiger partial charge in [0, 0.05) is 12.6 Å². The zero-order chi connectivity index (χ0) is 19.2. The number of anilines is 1. The lowest BCUT2D eigenvalue weighted by molar-refractivity contribution is -0.115. The highest BCUT2D eigenvalue weighted by molar-refractivity contribution is 8.00. The second-order valence-corrected chi connectivity index (χ2v) is 7.26. The highest BCUT2D eigenvalue weighted by Crippen LogP contribution is 2.30. The number of hydrogen-bond acceptors (Lipinski definition) is 7. The Morgan fingerprint density at radius 1 is 1.37 bits per heavy atom. The molecule has 144 valence electrons. The van der Waals surface area contributed by atoms with E-state index in [2.05, 4.69) is 27.6 Å². The van der Waals surface area contributed by atoms with E-state index < -0.39 is 0 Å². The number of hydrogen-bond donors (Lipinski definition) is 1. The van der Waals surface area contributed by atoms with E-state index >= 15 is 0 Å². The van der Waals surface area contributed by atoms with Crippen molar-refractivity contribution >= 4 is 23.5 Å². The number of aryl methyl sites for hydroxylation is 1. The number of nitrogens with one attached hydrogen (secondary N) is 1.